The Labute approximate surface area is 163 Å². The molecular weight excluding hydrogens is 360 g/mol. The molecule has 1 unspecified atom stereocenters. The van der Waals surface area contributed by atoms with Crippen molar-refractivity contribution in [3.8, 4) is 11.1 Å². The van der Waals surface area contributed by atoms with Gasteiger partial charge >= 0.3 is 6.09 Å². The second kappa shape index (κ2) is 9.34. The van der Waals surface area contributed by atoms with Crippen LogP contribution in [0.25, 0.3) is 11.1 Å². The number of hydrogen-bond donors (Lipinski definition) is 4. The van der Waals surface area contributed by atoms with E-state index in [9.17, 15) is 14.7 Å². The summed E-state index contributed by atoms with van der Waals surface area (Å²) < 4.78 is 5.38. The van der Waals surface area contributed by atoms with Gasteiger partial charge in [-0.15, -0.1) is 0 Å². The van der Waals surface area contributed by atoms with Crippen LogP contribution in [0.1, 0.15) is 23.5 Å². The van der Waals surface area contributed by atoms with Gasteiger partial charge in [-0.3, -0.25) is 4.79 Å². The number of carbonyl (C=O) groups excluding carboxylic acids is 2. The molecule has 1 aliphatic rings. The summed E-state index contributed by atoms with van der Waals surface area (Å²) >= 11 is 0. The predicted octanol–water partition coefficient (Wildman–Crippen LogP) is 1.38. The Morgan fingerprint density at radius 3 is 2.21 bits per heavy atom. The van der Waals surface area contributed by atoms with Crippen molar-refractivity contribution in [3.05, 3.63) is 59.7 Å². The van der Waals surface area contributed by atoms with Gasteiger partial charge in [0.25, 0.3) is 0 Å². The number of carbonyl (C=O) groups is 2. The fraction of sp³-hybridized carbons (Fsp3) is 0.333. The van der Waals surface area contributed by atoms with Crippen molar-refractivity contribution in [2.45, 2.75) is 18.4 Å². The molecule has 0 spiro atoms. The van der Waals surface area contributed by atoms with Crippen molar-refractivity contribution >= 4 is 12.0 Å². The van der Waals surface area contributed by atoms with E-state index in [-0.39, 0.29) is 37.9 Å². The number of alkyl carbamates (subject to hydrolysis) is 1. The number of aliphatic hydroxyl groups excluding tert-OH is 2. The van der Waals surface area contributed by atoms with Crippen LogP contribution < -0.4 is 10.6 Å². The standard InChI is InChI=1S/C21H24N2O5/c24-12-14(25)11-23-20(26)9-10-22-21(27)28-13-19-17-7-3-1-5-15(17)16-6-2-4-8-18(16)19/h1-8,14,19,24-25H,9-13H2,(H,22,27)(H,23,26). The number of fused-ring (bicyclic) bond motifs is 3. The van der Waals surface area contributed by atoms with Crippen molar-refractivity contribution < 1.29 is 24.5 Å². The Balaban J connectivity index is 1.47. The second-order valence-corrected chi connectivity index (χ2v) is 6.64. The Morgan fingerprint density at radius 2 is 1.61 bits per heavy atom. The van der Waals surface area contributed by atoms with Crippen molar-refractivity contribution in [2.75, 3.05) is 26.3 Å². The summed E-state index contributed by atoms with van der Waals surface area (Å²) in [7, 11) is 0. The Morgan fingerprint density at radius 1 is 1.00 bits per heavy atom. The monoisotopic (exact) mass is 384 g/mol. The lowest BCUT2D eigenvalue weighted by Gasteiger charge is -2.14. The number of rotatable bonds is 8. The van der Waals surface area contributed by atoms with E-state index >= 15 is 0 Å². The summed E-state index contributed by atoms with van der Waals surface area (Å²) in [5.41, 5.74) is 4.60. The minimum Gasteiger partial charge on any atom is -0.449 e. The largest absolute Gasteiger partial charge is 0.449 e. The summed E-state index contributed by atoms with van der Waals surface area (Å²) in [4.78, 5) is 23.6. The summed E-state index contributed by atoms with van der Waals surface area (Å²) in [6.07, 6.45) is -1.51. The van der Waals surface area contributed by atoms with Crippen molar-refractivity contribution in [3.63, 3.8) is 0 Å². The molecule has 28 heavy (non-hydrogen) atoms. The molecule has 2 aromatic carbocycles. The fourth-order valence-corrected chi connectivity index (χ4v) is 3.31. The summed E-state index contributed by atoms with van der Waals surface area (Å²) in [6, 6.07) is 16.2. The molecule has 3 rings (SSSR count). The minimum atomic E-state index is -0.987. The fourth-order valence-electron chi connectivity index (χ4n) is 3.31. The maximum Gasteiger partial charge on any atom is 0.407 e. The highest BCUT2D eigenvalue weighted by molar-refractivity contribution is 5.79. The molecular formula is C21H24N2O5. The zero-order valence-corrected chi connectivity index (χ0v) is 15.4. The summed E-state index contributed by atoms with van der Waals surface area (Å²) in [5.74, 6) is -0.340. The smallest absolute Gasteiger partial charge is 0.407 e. The molecule has 0 saturated heterocycles. The molecule has 0 aromatic heterocycles. The number of benzene rings is 2. The van der Waals surface area contributed by atoms with E-state index < -0.39 is 18.8 Å². The highest BCUT2D eigenvalue weighted by Gasteiger charge is 2.28. The zero-order chi connectivity index (χ0) is 19.9. The zero-order valence-electron chi connectivity index (χ0n) is 15.4. The van der Waals surface area contributed by atoms with Crippen LogP contribution in [0.2, 0.25) is 0 Å². The van der Waals surface area contributed by atoms with Crippen LogP contribution in [-0.2, 0) is 9.53 Å². The van der Waals surface area contributed by atoms with Gasteiger partial charge in [-0.1, -0.05) is 48.5 Å². The van der Waals surface area contributed by atoms with Crippen LogP contribution in [0.15, 0.2) is 48.5 Å². The Kier molecular flexibility index (Phi) is 6.62. The number of hydrogen-bond acceptors (Lipinski definition) is 5. The number of amides is 2. The van der Waals surface area contributed by atoms with E-state index in [1.165, 1.54) is 0 Å². The van der Waals surface area contributed by atoms with Crippen LogP contribution in [0.4, 0.5) is 4.79 Å². The van der Waals surface area contributed by atoms with Crippen LogP contribution in [0.3, 0.4) is 0 Å². The van der Waals surface area contributed by atoms with Crippen LogP contribution in [-0.4, -0.2) is 54.6 Å². The average molecular weight is 384 g/mol. The van der Waals surface area contributed by atoms with Crippen molar-refractivity contribution in [1.29, 1.82) is 0 Å². The van der Waals surface area contributed by atoms with E-state index in [0.29, 0.717) is 0 Å². The molecule has 1 atom stereocenters. The predicted molar refractivity (Wildman–Crippen MR) is 104 cm³/mol. The molecule has 0 saturated carbocycles. The van der Waals surface area contributed by atoms with Gasteiger partial charge in [0.2, 0.25) is 5.91 Å². The molecule has 1 aliphatic carbocycles. The van der Waals surface area contributed by atoms with E-state index in [1.54, 1.807) is 0 Å². The summed E-state index contributed by atoms with van der Waals surface area (Å²) in [6.45, 7) is -0.106. The van der Waals surface area contributed by atoms with Crippen LogP contribution in [0, 0.1) is 0 Å². The van der Waals surface area contributed by atoms with Gasteiger partial charge in [0.15, 0.2) is 0 Å². The Bertz CT molecular complexity index is 794. The third kappa shape index (κ3) is 4.68. The van der Waals surface area contributed by atoms with E-state index in [4.69, 9.17) is 9.84 Å². The van der Waals surface area contributed by atoms with Gasteiger partial charge < -0.3 is 25.6 Å². The lowest BCUT2D eigenvalue weighted by Crippen LogP contribution is -2.36. The van der Waals surface area contributed by atoms with Crippen molar-refractivity contribution in [1.82, 2.24) is 10.6 Å². The van der Waals surface area contributed by atoms with Gasteiger partial charge in [-0.25, -0.2) is 4.79 Å². The molecule has 0 heterocycles. The lowest BCUT2D eigenvalue weighted by molar-refractivity contribution is -0.121. The van der Waals surface area contributed by atoms with Gasteiger partial charge in [-0.2, -0.15) is 0 Å². The molecule has 7 heteroatoms. The first kappa shape index (κ1) is 19.9. The maximum atomic E-state index is 12.0. The van der Waals surface area contributed by atoms with Gasteiger partial charge in [-0.05, 0) is 22.3 Å². The van der Waals surface area contributed by atoms with E-state index in [0.717, 1.165) is 22.3 Å². The molecule has 7 nitrogen and oxygen atoms in total. The first-order valence-corrected chi connectivity index (χ1v) is 9.24. The maximum absolute atomic E-state index is 12.0. The molecule has 148 valence electrons. The molecule has 0 aliphatic heterocycles. The van der Waals surface area contributed by atoms with Gasteiger partial charge in [0.1, 0.15) is 6.61 Å². The Hall–Kier alpha value is -2.90. The SMILES string of the molecule is O=C(CCNC(=O)OCC1c2ccccc2-c2ccccc21)NCC(O)CO. The first-order valence-electron chi connectivity index (χ1n) is 9.24. The first-order chi connectivity index (χ1) is 13.6. The molecule has 0 bridgehead atoms. The topological polar surface area (TPSA) is 108 Å². The quantitative estimate of drug-likeness (QED) is 0.550. The highest BCUT2D eigenvalue weighted by atomic mass is 16.5. The summed E-state index contributed by atoms with van der Waals surface area (Å²) in [5, 5.41) is 22.9. The van der Waals surface area contributed by atoms with Gasteiger partial charge in [0.05, 0.1) is 12.7 Å². The average Bonchev–Trinajstić information content (AvgIpc) is 3.04. The number of nitrogens with one attached hydrogen (secondary N) is 2. The van der Waals surface area contributed by atoms with Crippen molar-refractivity contribution in [2.24, 2.45) is 0 Å². The molecule has 4 N–H and O–H groups in total. The molecule has 2 aromatic rings. The normalized spacial score (nSPS) is 13.4. The third-order valence-electron chi connectivity index (χ3n) is 4.71. The van der Waals surface area contributed by atoms with E-state index in [1.807, 2.05) is 36.4 Å². The van der Waals surface area contributed by atoms with Gasteiger partial charge in [0, 0.05) is 25.4 Å². The van der Waals surface area contributed by atoms with E-state index in [2.05, 4.69) is 22.8 Å². The highest BCUT2D eigenvalue weighted by Crippen LogP contribution is 2.44. The second-order valence-electron chi connectivity index (χ2n) is 6.64. The van der Waals surface area contributed by atoms with Crippen LogP contribution >= 0.6 is 0 Å². The molecule has 0 radical (unpaired) electrons. The molecule has 0 fully saturated rings. The number of ether oxygens (including phenoxy) is 1. The lowest BCUT2D eigenvalue weighted by atomic mass is 9.98. The number of aliphatic hydroxyl groups is 2. The third-order valence-corrected chi connectivity index (χ3v) is 4.71. The molecule has 2 amide bonds. The van der Waals surface area contributed by atoms with Crippen LogP contribution in [0.5, 0.6) is 0 Å². The minimum absolute atomic E-state index is 0.0126.